The van der Waals surface area contributed by atoms with E-state index in [0.29, 0.717) is 0 Å². The van der Waals surface area contributed by atoms with E-state index in [0.717, 1.165) is 0 Å². The summed E-state index contributed by atoms with van der Waals surface area (Å²) in [6.45, 7) is 0. The van der Waals surface area contributed by atoms with Crippen molar-refractivity contribution in [3.05, 3.63) is 0 Å². The molecule has 1 rings (SSSR count). The largest absolute Gasteiger partial charge is 0 e. The second-order valence-corrected chi connectivity index (χ2v) is 2.95. The molecule has 1 fully saturated rings. The van der Waals surface area contributed by atoms with Crippen molar-refractivity contribution in [1.82, 2.24) is 0 Å². The summed E-state index contributed by atoms with van der Waals surface area (Å²) in [7, 11) is -4.80. The molecule has 0 spiro atoms. The Labute approximate surface area is 85.9 Å². The van der Waals surface area contributed by atoms with E-state index in [2.05, 4.69) is 9.35 Å². The monoisotopic (exact) mass is 229 g/mol. The molecule has 0 aromatic heterocycles. The Balaban J connectivity index is -0.000000120. The molecule has 0 bridgehead atoms. The maximum absolute atomic E-state index is 7.89. The Morgan fingerprint density at radius 3 is 1.11 bits per heavy atom. The summed E-state index contributed by atoms with van der Waals surface area (Å²) in [4.78, 5) is 23.7. The van der Waals surface area contributed by atoms with Gasteiger partial charge in [-0.1, -0.05) is 0 Å². The van der Waals surface area contributed by atoms with Crippen LogP contribution in [0.4, 0.5) is 0 Å². The Bertz CT molecular complexity index is 80.7. The molecule has 1 saturated heterocycles. The third-order valence-electron chi connectivity index (χ3n) is 0.275. The quantitative estimate of drug-likeness (QED) is 0.201. The smallest absolute Gasteiger partial charge is 0 e. The first-order chi connectivity index (χ1) is 2.47. The van der Waals surface area contributed by atoms with Crippen LogP contribution in [0, 0.1) is 0 Å². The second-order valence-electron chi connectivity index (χ2n) is 0.982. The van der Waals surface area contributed by atoms with Crippen LogP contribution in [0.5, 0.6) is 0 Å². The van der Waals surface area contributed by atoms with E-state index in [1.807, 2.05) is 0 Å². The molecule has 0 aliphatic carbocycles. The van der Waals surface area contributed by atoms with Crippen LogP contribution >= 0.6 is 7.74 Å². The summed E-state index contributed by atoms with van der Waals surface area (Å²) >= 11 is 0. The first-order valence-electron chi connectivity index (χ1n) is 1.13. The molecule has 0 aromatic carbocycles. The molecule has 0 amide bonds. The SMILES string of the molecule is OP1(O)(O)OO1.[Fe].[LiH].[V]. The van der Waals surface area contributed by atoms with Crippen LogP contribution in [-0.4, -0.2) is 33.5 Å². The van der Waals surface area contributed by atoms with Crippen molar-refractivity contribution in [2.75, 3.05) is 0 Å². The van der Waals surface area contributed by atoms with Gasteiger partial charge in [0, 0.05) is 35.6 Å². The molecule has 5 nitrogen and oxygen atoms in total. The first kappa shape index (κ1) is 17.1. The van der Waals surface area contributed by atoms with Gasteiger partial charge in [-0.05, 0) is 0 Å². The van der Waals surface area contributed by atoms with Crippen molar-refractivity contribution in [2.45, 2.75) is 0 Å². The molecule has 9 heavy (non-hydrogen) atoms. The molecule has 1 aliphatic heterocycles. The average molecular weight is 229 g/mol. The van der Waals surface area contributed by atoms with Gasteiger partial charge in [0.1, 0.15) is 0 Å². The van der Waals surface area contributed by atoms with Crippen molar-refractivity contribution in [1.29, 1.82) is 0 Å². The van der Waals surface area contributed by atoms with Crippen molar-refractivity contribution in [3.8, 4) is 0 Å². The summed E-state index contributed by atoms with van der Waals surface area (Å²) in [5, 5.41) is 0. The normalized spacial score (nSPS) is 28.6. The van der Waals surface area contributed by atoms with Crippen molar-refractivity contribution >= 4 is 26.6 Å². The zero-order valence-corrected chi connectivity index (χ0v) is 6.80. The van der Waals surface area contributed by atoms with Crippen LogP contribution in [0.25, 0.3) is 0 Å². The van der Waals surface area contributed by atoms with Gasteiger partial charge < -0.3 is 0 Å². The van der Waals surface area contributed by atoms with Crippen LogP contribution in [0.15, 0.2) is 0 Å². The molecule has 0 aromatic rings. The minimum atomic E-state index is -4.80. The summed E-state index contributed by atoms with van der Waals surface area (Å²) in [5.74, 6) is 0. The van der Waals surface area contributed by atoms with Gasteiger partial charge >= 0.3 is 50.6 Å². The van der Waals surface area contributed by atoms with Gasteiger partial charge in [-0.3, -0.25) is 0 Å². The van der Waals surface area contributed by atoms with Crippen LogP contribution in [0.1, 0.15) is 0 Å². The van der Waals surface area contributed by atoms with Crippen molar-refractivity contribution in [2.24, 2.45) is 0 Å². The first-order valence-corrected chi connectivity index (χ1v) is 3.06. The third-order valence-corrected chi connectivity index (χ3v) is 0.824. The Kier molecular flexibility index (Phi) is 7.77. The van der Waals surface area contributed by atoms with Gasteiger partial charge in [-0.25, -0.2) is 0 Å². The molecule has 53 valence electrons. The van der Waals surface area contributed by atoms with E-state index in [9.17, 15) is 0 Å². The van der Waals surface area contributed by atoms with E-state index in [1.54, 1.807) is 0 Å². The van der Waals surface area contributed by atoms with E-state index in [4.69, 9.17) is 14.7 Å². The van der Waals surface area contributed by atoms with Gasteiger partial charge in [0.2, 0.25) is 0 Å². The molecule has 1 radical (unpaired) electrons. The number of hydrogen-bond donors (Lipinski definition) is 3. The minimum Gasteiger partial charge on any atom is 0 e. The third kappa shape index (κ3) is 7.83. The molecular weight excluding hydrogens is 225 g/mol. The van der Waals surface area contributed by atoms with Gasteiger partial charge in [0.05, 0.1) is 0 Å². The fourth-order valence-electron chi connectivity index (χ4n) is 0.0447. The Hall–Kier alpha value is 1.93. The van der Waals surface area contributed by atoms with Crippen LogP contribution in [0.3, 0.4) is 0 Å². The Morgan fingerprint density at radius 2 is 1.11 bits per heavy atom. The Morgan fingerprint density at radius 1 is 1.00 bits per heavy atom. The van der Waals surface area contributed by atoms with Gasteiger partial charge in [0.25, 0.3) is 0 Å². The molecule has 0 saturated carbocycles. The van der Waals surface area contributed by atoms with Crippen molar-refractivity contribution < 1.29 is 59.7 Å². The van der Waals surface area contributed by atoms with E-state index < -0.39 is 7.74 Å². The molecule has 3 N–H and O–H groups in total. The summed E-state index contributed by atoms with van der Waals surface area (Å²) in [5.41, 5.74) is 0. The van der Waals surface area contributed by atoms with E-state index >= 15 is 0 Å². The van der Waals surface area contributed by atoms with Crippen LogP contribution in [0.2, 0.25) is 0 Å². The standard InChI is InChI=1S/Fe.Li.H3O5P.V.H/c;;1-6(2,3)4-5-6;;/h;;1-3H;;. The van der Waals surface area contributed by atoms with Crippen LogP contribution < -0.4 is 0 Å². The van der Waals surface area contributed by atoms with Crippen LogP contribution in [-0.2, 0) is 45.0 Å². The maximum atomic E-state index is 7.89. The average Bonchev–Trinajstić information content (AvgIpc) is 1.73. The number of rotatable bonds is 0. The van der Waals surface area contributed by atoms with Gasteiger partial charge in [-0.15, -0.1) is 0 Å². The summed E-state index contributed by atoms with van der Waals surface area (Å²) in [6.07, 6.45) is 0. The molecule has 9 heteroatoms. The zero-order valence-electron chi connectivity index (χ0n) is 3.41. The topological polar surface area (TPSA) is 85.8 Å². The van der Waals surface area contributed by atoms with Gasteiger partial charge in [-0.2, -0.15) is 0 Å². The van der Waals surface area contributed by atoms with Crippen molar-refractivity contribution in [3.63, 3.8) is 0 Å². The van der Waals surface area contributed by atoms with E-state index in [-0.39, 0.29) is 54.5 Å². The summed E-state index contributed by atoms with van der Waals surface area (Å²) < 4.78 is 6.76. The molecule has 0 atom stereocenters. The molecular formula is H4FeLiO5PV. The second kappa shape index (κ2) is 4.08. The maximum Gasteiger partial charge on any atom is 0 e. The van der Waals surface area contributed by atoms with Gasteiger partial charge in [0.15, 0.2) is 0 Å². The summed E-state index contributed by atoms with van der Waals surface area (Å²) in [6, 6.07) is 0. The predicted molar refractivity (Wildman–Crippen MR) is 22.9 cm³/mol. The number of hydrogen-bond acceptors (Lipinski definition) is 5. The minimum absolute atomic E-state index is 0. The fraction of sp³-hybridized carbons (Fsp3) is 0. The van der Waals surface area contributed by atoms with E-state index in [1.165, 1.54) is 0 Å². The molecule has 1 heterocycles. The molecule has 0 unspecified atom stereocenters. The molecule has 1 aliphatic rings. The predicted octanol–water partition coefficient (Wildman–Crippen LogP) is -1.60. The fourth-order valence-corrected chi connectivity index (χ4v) is 0.402. The zero-order chi connectivity index (χ0) is 4.86.